The van der Waals surface area contributed by atoms with Gasteiger partial charge in [-0.05, 0) is 165 Å². The molecule has 0 radical (unpaired) electrons. The fraction of sp³-hybridized carbons (Fsp3) is 0.304. The number of aryl methyl sites for hydroxylation is 12. The van der Waals surface area contributed by atoms with Crippen molar-refractivity contribution in [3.8, 4) is 56.3 Å². The number of benzene rings is 5. The highest BCUT2D eigenvalue weighted by Gasteiger charge is 2.17. The summed E-state index contributed by atoms with van der Waals surface area (Å²) in [4.78, 5) is 0. The minimum atomic E-state index is -2.37. The van der Waals surface area contributed by atoms with Crippen molar-refractivity contribution in [1.29, 1.82) is 0 Å². The van der Waals surface area contributed by atoms with Gasteiger partial charge in [-0.2, -0.15) is 0 Å². The highest BCUT2D eigenvalue weighted by atomic mass is 14.9. The molecule has 5 heterocycles. The summed E-state index contributed by atoms with van der Waals surface area (Å²) in [5.41, 5.74) is 21.2. The third-order valence-corrected chi connectivity index (χ3v) is 14.6. The van der Waals surface area contributed by atoms with Crippen molar-refractivity contribution in [2.24, 2.45) is 47.1 Å². The van der Waals surface area contributed by atoms with E-state index in [1.165, 1.54) is 51.6 Å². The predicted octanol–water partition coefficient (Wildman–Crippen LogP) is 16.8. The molecule has 1 unspecified atom stereocenters. The van der Waals surface area contributed by atoms with Crippen LogP contribution >= 0.6 is 0 Å². The molecule has 0 aliphatic heterocycles. The lowest BCUT2D eigenvalue weighted by Crippen LogP contribution is -2.31. The molecular formula is C79H98N5+5. The van der Waals surface area contributed by atoms with E-state index < -0.39 is 31.9 Å². The average Bonchev–Trinajstić information content (AvgIpc) is 0.802. The summed E-state index contributed by atoms with van der Waals surface area (Å²) in [5, 5.41) is 0. The summed E-state index contributed by atoms with van der Waals surface area (Å²) in [7, 11) is 9.95. The van der Waals surface area contributed by atoms with Crippen LogP contribution in [0.2, 0.25) is 0 Å². The summed E-state index contributed by atoms with van der Waals surface area (Å²) in [6.45, 7) is 20.9. The summed E-state index contributed by atoms with van der Waals surface area (Å²) in [6, 6.07) is 60.5. The van der Waals surface area contributed by atoms with Crippen LogP contribution in [-0.2, 0) is 54.4 Å². The van der Waals surface area contributed by atoms with Gasteiger partial charge in [-0.1, -0.05) is 139 Å². The third-order valence-electron chi connectivity index (χ3n) is 14.6. The number of hydrogen-bond acceptors (Lipinski definition) is 0. The van der Waals surface area contributed by atoms with Crippen LogP contribution in [0.25, 0.3) is 56.3 Å². The Morgan fingerprint density at radius 3 is 1.23 bits per heavy atom. The lowest BCUT2D eigenvalue weighted by molar-refractivity contribution is -0.660. The van der Waals surface area contributed by atoms with Crippen LogP contribution in [0.5, 0.6) is 0 Å². The highest BCUT2D eigenvalue weighted by molar-refractivity contribution is 5.64. The van der Waals surface area contributed by atoms with Crippen LogP contribution in [0.3, 0.4) is 0 Å². The Morgan fingerprint density at radius 1 is 0.369 bits per heavy atom. The molecule has 10 rings (SSSR count). The molecule has 0 spiro atoms. The Balaban J connectivity index is 0.000000187. The Morgan fingerprint density at radius 2 is 0.774 bits per heavy atom. The Kier molecular flexibility index (Phi) is 19.3. The van der Waals surface area contributed by atoms with Crippen LogP contribution in [0.1, 0.15) is 124 Å². The second-order valence-electron chi connectivity index (χ2n) is 22.4. The molecule has 0 N–H and O–H groups in total. The molecule has 5 heteroatoms. The van der Waals surface area contributed by atoms with Gasteiger partial charge in [-0.15, -0.1) is 0 Å². The van der Waals surface area contributed by atoms with E-state index in [1.54, 1.807) is 13.0 Å². The highest BCUT2D eigenvalue weighted by Crippen LogP contribution is 2.26. The standard InChI is InChI=1S/2C17H22N.C16H20N.C15H18N.C14H16N/c1-13(2)11-15-9-10-18(4)17(12-15)16-8-6-5-7-14(16)3;1-13(2)11-15-9-10-17(18(4)12-15)16-8-6-5-7-14(16)3;1-12(2)14-9-10-17(4)16(11-14)15-8-6-5-7-13(15)3;1-4-13-9-10-16(3)15(11-13)14-8-6-5-7-12(14)2;1-11-7-8-13(12(2)10-11)14-6-4-5-9-15(14)3/h2*5-10,12-13H,11H2,1-4H3;5-12H,1-4H3;5-11H,4H2,1-3H3;4-10H,1-3H3/q5*+1/i2*11D2;1D3,12D;4D2;. The van der Waals surface area contributed by atoms with E-state index in [0.717, 1.165) is 56.2 Å². The van der Waals surface area contributed by atoms with E-state index in [2.05, 4.69) is 119 Å². The maximum atomic E-state index is 8.26. The van der Waals surface area contributed by atoms with Gasteiger partial charge in [-0.25, -0.2) is 22.8 Å². The topological polar surface area (TPSA) is 19.4 Å². The zero-order chi connectivity index (χ0) is 69.8. The van der Waals surface area contributed by atoms with Crippen molar-refractivity contribution in [2.75, 3.05) is 0 Å². The molecule has 5 aromatic carbocycles. The van der Waals surface area contributed by atoms with Crippen LogP contribution < -0.4 is 22.8 Å². The summed E-state index contributed by atoms with van der Waals surface area (Å²) in [5.74, 6) is -1.73. The Bertz CT molecular complexity index is 4200. The Labute approximate surface area is 521 Å². The summed E-state index contributed by atoms with van der Waals surface area (Å²) in [6.07, 6.45) is 5.72. The first-order chi connectivity index (χ1) is 43.9. The largest absolute Gasteiger partial charge is 0.212 e. The average molecular weight is 1130 g/mol. The fourth-order valence-electron chi connectivity index (χ4n) is 9.98. The molecule has 0 aliphatic rings. The van der Waals surface area contributed by atoms with E-state index in [4.69, 9.17) is 13.7 Å². The van der Waals surface area contributed by atoms with E-state index in [9.17, 15) is 0 Å². The van der Waals surface area contributed by atoms with Gasteiger partial charge in [0.2, 0.25) is 28.5 Å². The van der Waals surface area contributed by atoms with Crippen LogP contribution in [0.15, 0.2) is 213 Å². The SMILES string of the molecule is Cc1ccc(-c2cccc[n+]2C)c(C)c1.[2H]C([2H])(C)c1cc[n+](C)c(-c2ccccc2C)c1.[2H]C([2H])([2H])C([2H])(C)c1cc[n+](C)c(-c2ccccc2C)c1.[2H]C([2H])(c1cc[n+](C)c(-c2ccccc2C)c1)C(C)C.[2H]C([2H])(c1ccc(-c2ccccc2C)[n+](C)c1)C(C)C. The molecule has 0 bridgehead atoms. The van der Waals surface area contributed by atoms with Gasteiger partial charge >= 0.3 is 0 Å². The number of nitrogens with zero attached hydrogens (tertiary/aromatic N) is 5. The number of pyridine rings is 5. The minimum absolute atomic E-state index is 0.0492. The zero-order valence-corrected chi connectivity index (χ0v) is 53.1. The molecule has 10 aromatic rings. The molecule has 434 valence electrons. The molecule has 84 heavy (non-hydrogen) atoms. The smallest absolute Gasteiger partial charge is 0.201 e. The summed E-state index contributed by atoms with van der Waals surface area (Å²) < 4.78 is 89.7. The quantitative estimate of drug-likeness (QED) is 0.115. The first-order valence-corrected chi connectivity index (χ1v) is 29.2. The molecule has 0 saturated heterocycles. The molecule has 0 amide bonds. The maximum Gasteiger partial charge on any atom is 0.212 e. The van der Waals surface area contributed by atoms with Crippen molar-refractivity contribution in [3.05, 3.63) is 269 Å². The summed E-state index contributed by atoms with van der Waals surface area (Å²) >= 11 is 0. The molecule has 5 nitrogen and oxygen atoms in total. The number of aromatic nitrogens is 5. The van der Waals surface area contributed by atoms with E-state index >= 15 is 0 Å². The van der Waals surface area contributed by atoms with Crippen LogP contribution in [-0.4, -0.2) is 0 Å². The van der Waals surface area contributed by atoms with E-state index in [1.807, 2.05) is 215 Å². The molecule has 5 aromatic heterocycles. The number of hydrogen-bond donors (Lipinski definition) is 0. The first-order valence-electron chi connectivity index (χ1n) is 34.2. The lowest BCUT2D eigenvalue weighted by Gasteiger charge is -2.08. The van der Waals surface area contributed by atoms with Gasteiger partial charge in [-0.3, -0.25) is 0 Å². The van der Waals surface area contributed by atoms with Crippen molar-refractivity contribution in [3.63, 3.8) is 0 Å². The van der Waals surface area contributed by atoms with Crippen molar-refractivity contribution in [2.45, 2.75) is 115 Å². The Hall–Kier alpha value is -8.15. The minimum Gasteiger partial charge on any atom is -0.201 e. The van der Waals surface area contributed by atoms with Gasteiger partial charge in [0, 0.05) is 102 Å². The second-order valence-corrected chi connectivity index (χ2v) is 22.4. The van der Waals surface area contributed by atoms with Crippen molar-refractivity contribution >= 4 is 0 Å². The van der Waals surface area contributed by atoms with Crippen LogP contribution in [0.4, 0.5) is 0 Å². The third kappa shape index (κ3) is 18.4. The first kappa shape index (κ1) is 51.5. The molecule has 1 atom stereocenters. The van der Waals surface area contributed by atoms with E-state index in [-0.39, 0.29) is 11.8 Å². The molecule has 0 aliphatic carbocycles. The van der Waals surface area contributed by atoms with Gasteiger partial charge in [0.15, 0.2) is 31.0 Å². The monoisotopic (exact) mass is 1130 g/mol. The van der Waals surface area contributed by atoms with Crippen LogP contribution in [0, 0.1) is 53.4 Å². The molecule has 0 fully saturated rings. The normalized spacial score (nSPS) is 13.8. The van der Waals surface area contributed by atoms with Gasteiger partial charge in [0.05, 0.1) is 0 Å². The zero-order valence-electron chi connectivity index (χ0n) is 63.1. The molecule has 0 saturated carbocycles. The molecular weight excluding hydrogens is 1020 g/mol. The lowest BCUT2D eigenvalue weighted by atomic mass is 9.99. The fourth-order valence-corrected chi connectivity index (χ4v) is 9.98. The second kappa shape index (κ2) is 31.5. The van der Waals surface area contributed by atoms with E-state index in [0.29, 0.717) is 11.1 Å². The maximum absolute atomic E-state index is 8.26. The van der Waals surface area contributed by atoms with Gasteiger partial charge in [0.25, 0.3) is 0 Å². The predicted molar refractivity (Wildman–Crippen MR) is 354 cm³/mol. The van der Waals surface area contributed by atoms with Crippen molar-refractivity contribution in [1.82, 2.24) is 0 Å². The van der Waals surface area contributed by atoms with Gasteiger partial charge < -0.3 is 0 Å². The van der Waals surface area contributed by atoms with Gasteiger partial charge in [0.1, 0.15) is 35.2 Å². The number of rotatable bonds is 11. The van der Waals surface area contributed by atoms with Crippen molar-refractivity contribution < 1.29 is 36.5 Å².